The number of para-hydroxylation sites is 2. The summed E-state index contributed by atoms with van der Waals surface area (Å²) in [5.74, 6) is 0.699. The van der Waals surface area contributed by atoms with Crippen molar-refractivity contribution in [2.45, 2.75) is 0 Å². The van der Waals surface area contributed by atoms with Gasteiger partial charge >= 0.3 is 0 Å². The van der Waals surface area contributed by atoms with E-state index < -0.39 is 0 Å². The molecule has 0 spiro atoms. The van der Waals surface area contributed by atoms with Crippen molar-refractivity contribution >= 4 is 53.4 Å². The van der Waals surface area contributed by atoms with E-state index in [1.165, 1.54) is 31.3 Å². The molecule has 0 fully saturated rings. The van der Waals surface area contributed by atoms with Crippen LogP contribution < -0.4 is 0 Å². The van der Waals surface area contributed by atoms with Crippen molar-refractivity contribution in [3.8, 4) is 61.7 Å². The van der Waals surface area contributed by atoms with Crippen molar-refractivity contribution in [1.82, 2.24) is 14.5 Å². The summed E-state index contributed by atoms with van der Waals surface area (Å²) < 4.78 is 4.96. The molecule has 11 rings (SSSR count). The minimum Gasteiger partial charge on any atom is -0.306 e. The van der Waals surface area contributed by atoms with E-state index in [1.54, 1.807) is 0 Å². The predicted molar refractivity (Wildman–Crippen MR) is 236 cm³/mol. The van der Waals surface area contributed by atoms with Crippen molar-refractivity contribution in [1.29, 1.82) is 0 Å². The first kappa shape index (κ1) is 32.3. The molecule has 11 aromatic rings. The Balaban J connectivity index is 1.11. The van der Waals surface area contributed by atoms with Crippen molar-refractivity contribution in [3.63, 3.8) is 0 Å². The zero-order valence-electron chi connectivity index (χ0n) is 30.3. The first-order chi connectivity index (χ1) is 27.8. The monoisotopic (exact) mass is 731 g/mol. The van der Waals surface area contributed by atoms with Gasteiger partial charge in [-0.3, -0.25) is 0 Å². The van der Waals surface area contributed by atoms with Crippen molar-refractivity contribution in [3.05, 3.63) is 200 Å². The molecular weight excluding hydrogens is 699 g/mol. The molecule has 0 atom stereocenters. The molecule has 0 aliphatic rings. The Bertz CT molecular complexity index is 3250. The van der Waals surface area contributed by atoms with Crippen LogP contribution in [0.3, 0.4) is 0 Å². The average Bonchev–Trinajstić information content (AvgIpc) is 3.83. The molecule has 8 aromatic carbocycles. The molecule has 0 amide bonds. The average molecular weight is 732 g/mol. The van der Waals surface area contributed by atoms with Gasteiger partial charge in [0.1, 0.15) is 5.52 Å². The van der Waals surface area contributed by atoms with Gasteiger partial charge in [-0.1, -0.05) is 158 Å². The first-order valence-electron chi connectivity index (χ1n) is 18.9. The third kappa shape index (κ3) is 5.42. The third-order valence-electron chi connectivity index (χ3n) is 10.8. The highest BCUT2D eigenvalue weighted by Gasteiger charge is 2.22. The second kappa shape index (κ2) is 13.3. The predicted octanol–water partition coefficient (Wildman–Crippen LogP) is 14.3. The van der Waals surface area contributed by atoms with Crippen LogP contribution in [0.4, 0.5) is 0 Å². The Morgan fingerprint density at radius 1 is 0.393 bits per heavy atom. The Labute approximate surface area is 328 Å². The van der Waals surface area contributed by atoms with Crippen LogP contribution in [0.5, 0.6) is 0 Å². The molecule has 0 saturated carbocycles. The molecule has 0 unspecified atom stereocenters. The summed E-state index contributed by atoms with van der Waals surface area (Å²) in [6.45, 7) is 0. The minimum absolute atomic E-state index is 0.699. The highest BCUT2D eigenvalue weighted by molar-refractivity contribution is 7.26. The van der Waals surface area contributed by atoms with Gasteiger partial charge < -0.3 is 4.57 Å². The van der Waals surface area contributed by atoms with Crippen LogP contribution in [0.25, 0.3) is 104 Å². The van der Waals surface area contributed by atoms with Gasteiger partial charge in [-0.2, -0.15) is 0 Å². The molecule has 262 valence electrons. The van der Waals surface area contributed by atoms with E-state index >= 15 is 0 Å². The summed E-state index contributed by atoms with van der Waals surface area (Å²) in [6, 6.07) is 71.4. The molecule has 0 bridgehead atoms. The zero-order valence-corrected chi connectivity index (χ0v) is 31.1. The molecule has 3 heterocycles. The highest BCUT2D eigenvalue weighted by Crippen LogP contribution is 2.42. The third-order valence-corrected chi connectivity index (χ3v) is 12.0. The fourth-order valence-electron chi connectivity index (χ4n) is 8.17. The standard InChI is InChI=1S/C52H33N3S/c1-3-15-34(16-4-1)35-17-13-22-40(33-35)52-53-48(50-49(54-52)45-26-7-9-29-46(45)55(50)41-23-5-2-6-24-41)39-21-12-19-37(32-39)36-18-11-20-38(31-36)42-27-14-28-44-43-25-8-10-30-47(43)56-51(42)44/h1-33H. The maximum atomic E-state index is 5.48. The van der Waals surface area contributed by atoms with Crippen molar-refractivity contribution in [2.75, 3.05) is 0 Å². The van der Waals surface area contributed by atoms with E-state index in [4.69, 9.17) is 9.97 Å². The first-order valence-corrected chi connectivity index (χ1v) is 19.7. The van der Waals surface area contributed by atoms with Crippen LogP contribution in [0.2, 0.25) is 0 Å². The Hall–Kier alpha value is -7.14. The molecule has 4 heteroatoms. The molecule has 0 aliphatic heterocycles. The number of thiophene rings is 1. The molecule has 0 N–H and O–H groups in total. The summed E-state index contributed by atoms with van der Waals surface area (Å²) in [4.78, 5) is 10.9. The normalized spacial score (nSPS) is 11.6. The van der Waals surface area contributed by atoms with E-state index in [2.05, 4.69) is 205 Å². The summed E-state index contributed by atoms with van der Waals surface area (Å²) in [5.41, 5.74) is 14.0. The molecule has 3 nitrogen and oxygen atoms in total. The van der Waals surface area contributed by atoms with E-state index in [0.29, 0.717) is 5.82 Å². The van der Waals surface area contributed by atoms with Crippen LogP contribution in [-0.4, -0.2) is 14.5 Å². The van der Waals surface area contributed by atoms with Crippen LogP contribution >= 0.6 is 11.3 Å². The number of fused-ring (bicyclic) bond motifs is 6. The lowest BCUT2D eigenvalue weighted by molar-refractivity contribution is 1.15. The SMILES string of the molecule is c1ccc(-c2cccc(-c3nc(-c4cccc(-c5cccc(-c6cccc7c6sc6ccccc67)c5)c4)c4c(n3)c3ccccc3n4-c3ccccc3)c2)cc1. The zero-order chi connectivity index (χ0) is 37.0. The number of hydrogen-bond donors (Lipinski definition) is 0. The lowest BCUT2D eigenvalue weighted by atomic mass is 9.96. The van der Waals surface area contributed by atoms with E-state index in [-0.39, 0.29) is 0 Å². The Morgan fingerprint density at radius 3 is 1.75 bits per heavy atom. The molecule has 0 aliphatic carbocycles. The Morgan fingerprint density at radius 2 is 0.946 bits per heavy atom. The van der Waals surface area contributed by atoms with E-state index in [0.717, 1.165) is 66.7 Å². The Kier molecular flexibility index (Phi) is 7.68. The van der Waals surface area contributed by atoms with Gasteiger partial charge in [-0.15, -0.1) is 11.3 Å². The molecular formula is C52H33N3S. The highest BCUT2D eigenvalue weighted by atomic mass is 32.1. The van der Waals surface area contributed by atoms with Crippen molar-refractivity contribution in [2.24, 2.45) is 0 Å². The lowest BCUT2D eigenvalue weighted by Crippen LogP contribution is -2.00. The largest absolute Gasteiger partial charge is 0.306 e. The van der Waals surface area contributed by atoms with Gasteiger partial charge in [-0.25, -0.2) is 9.97 Å². The molecule has 3 aromatic heterocycles. The van der Waals surface area contributed by atoms with Crippen LogP contribution in [0.15, 0.2) is 200 Å². The lowest BCUT2D eigenvalue weighted by Gasteiger charge is -2.14. The summed E-state index contributed by atoms with van der Waals surface area (Å²) in [6.07, 6.45) is 0. The van der Waals surface area contributed by atoms with Gasteiger partial charge in [-0.05, 0) is 75.8 Å². The van der Waals surface area contributed by atoms with Gasteiger partial charge in [0.2, 0.25) is 0 Å². The molecule has 56 heavy (non-hydrogen) atoms. The maximum absolute atomic E-state index is 5.48. The second-order valence-electron chi connectivity index (χ2n) is 14.2. The number of rotatable bonds is 6. The topological polar surface area (TPSA) is 30.7 Å². The number of aromatic nitrogens is 3. The molecule has 0 saturated heterocycles. The quantitative estimate of drug-likeness (QED) is 0.170. The number of benzene rings is 8. The minimum atomic E-state index is 0.699. The van der Waals surface area contributed by atoms with Gasteiger partial charge in [0, 0.05) is 42.4 Å². The summed E-state index contributed by atoms with van der Waals surface area (Å²) in [7, 11) is 0. The van der Waals surface area contributed by atoms with Crippen molar-refractivity contribution < 1.29 is 0 Å². The maximum Gasteiger partial charge on any atom is 0.160 e. The van der Waals surface area contributed by atoms with E-state index in [9.17, 15) is 0 Å². The van der Waals surface area contributed by atoms with Gasteiger partial charge in [0.15, 0.2) is 5.82 Å². The summed E-state index contributed by atoms with van der Waals surface area (Å²) in [5, 5.41) is 3.71. The van der Waals surface area contributed by atoms with E-state index in [1.807, 2.05) is 11.3 Å². The smallest absolute Gasteiger partial charge is 0.160 e. The van der Waals surface area contributed by atoms with Gasteiger partial charge in [0.05, 0.1) is 16.7 Å². The van der Waals surface area contributed by atoms with Crippen LogP contribution in [0, 0.1) is 0 Å². The second-order valence-corrected chi connectivity index (χ2v) is 15.2. The fourth-order valence-corrected chi connectivity index (χ4v) is 9.41. The number of nitrogens with zero attached hydrogens (tertiary/aromatic N) is 3. The van der Waals surface area contributed by atoms with Crippen LogP contribution in [0.1, 0.15) is 0 Å². The number of hydrogen-bond acceptors (Lipinski definition) is 3. The fraction of sp³-hybridized carbons (Fsp3) is 0. The molecule has 0 radical (unpaired) electrons. The van der Waals surface area contributed by atoms with Crippen LogP contribution in [-0.2, 0) is 0 Å². The summed E-state index contributed by atoms with van der Waals surface area (Å²) >= 11 is 1.87. The van der Waals surface area contributed by atoms with Gasteiger partial charge in [0.25, 0.3) is 0 Å².